The Kier molecular flexibility index (Phi) is 5.07. The predicted octanol–water partition coefficient (Wildman–Crippen LogP) is 4.16. The molecule has 8 nitrogen and oxygen atoms in total. The van der Waals surface area contributed by atoms with Gasteiger partial charge >= 0.3 is 5.97 Å². The number of fused-ring (bicyclic) bond motifs is 1. The molecule has 0 spiro atoms. The smallest absolute Gasteiger partial charge is 0.376 e. The van der Waals surface area contributed by atoms with E-state index in [9.17, 15) is 4.79 Å². The zero-order valence-electron chi connectivity index (χ0n) is 16.0. The largest absolute Gasteiger partial charge is 0.460 e. The summed E-state index contributed by atoms with van der Waals surface area (Å²) in [6.07, 6.45) is 2.93. The Hall–Kier alpha value is -3.94. The van der Waals surface area contributed by atoms with Crippen molar-refractivity contribution in [3.05, 3.63) is 72.5 Å². The van der Waals surface area contributed by atoms with E-state index in [2.05, 4.69) is 20.4 Å². The summed E-state index contributed by atoms with van der Waals surface area (Å²) in [7, 11) is 0. The van der Waals surface area contributed by atoms with E-state index in [1.54, 1.807) is 13.0 Å². The molecule has 0 fully saturated rings. The first-order chi connectivity index (χ1) is 14.2. The molecule has 2 aromatic carbocycles. The number of aromatic nitrogens is 3. The van der Waals surface area contributed by atoms with Gasteiger partial charge in [0.05, 0.1) is 6.61 Å². The zero-order chi connectivity index (χ0) is 20.2. The maximum absolute atomic E-state index is 12.5. The second kappa shape index (κ2) is 7.97. The van der Waals surface area contributed by atoms with Gasteiger partial charge in [0.15, 0.2) is 0 Å². The van der Waals surface area contributed by atoms with Crippen LogP contribution < -0.4 is 5.32 Å². The quantitative estimate of drug-likeness (QED) is 0.320. The molecule has 8 heteroatoms. The van der Waals surface area contributed by atoms with Crippen molar-refractivity contribution in [2.45, 2.75) is 13.8 Å². The van der Waals surface area contributed by atoms with Gasteiger partial charge in [0.1, 0.15) is 23.9 Å². The van der Waals surface area contributed by atoms with E-state index in [1.165, 1.54) is 17.3 Å². The van der Waals surface area contributed by atoms with E-state index >= 15 is 0 Å². The average Bonchev–Trinajstić information content (AvgIpc) is 3.36. The van der Waals surface area contributed by atoms with Crippen molar-refractivity contribution in [3.63, 3.8) is 0 Å². The van der Waals surface area contributed by atoms with Gasteiger partial charge in [0, 0.05) is 11.1 Å². The number of anilines is 1. The van der Waals surface area contributed by atoms with Gasteiger partial charge in [0.25, 0.3) is 0 Å². The first-order valence-corrected chi connectivity index (χ1v) is 9.11. The van der Waals surface area contributed by atoms with Crippen LogP contribution in [0.25, 0.3) is 11.0 Å². The molecule has 29 heavy (non-hydrogen) atoms. The standard InChI is InChI=1S/C21H19N5O3/c1-3-28-20(27)19-18(16-9-4-5-10-17(16)29-19)25-21(26-13-22-12-23-26)24-15-8-6-7-14(2)11-15/h4-13H,3H2,1-2H3,(H,24,25). The lowest BCUT2D eigenvalue weighted by Crippen LogP contribution is -2.22. The van der Waals surface area contributed by atoms with Crippen LogP contribution in [0, 0.1) is 6.92 Å². The lowest BCUT2D eigenvalue weighted by Gasteiger charge is -2.10. The van der Waals surface area contributed by atoms with Crippen molar-refractivity contribution in [3.8, 4) is 0 Å². The molecule has 0 saturated heterocycles. The second-order valence-corrected chi connectivity index (χ2v) is 6.27. The summed E-state index contributed by atoms with van der Waals surface area (Å²) in [5.41, 5.74) is 2.83. The number of aliphatic imine (C=N–C) groups is 1. The fraction of sp³-hybridized carbons (Fsp3) is 0.143. The Balaban J connectivity index is 1.86. The minimum absolute atomic E-state index is 0.0386. The van der Waals surface area contributed by atoms with Crippen LogP contribution in [-0.4, -0.2) is 33.3 Å². The number of aryl methyl sites for hydroxylation is 1. The summed E-state index contributed by atoms with van der Waals surface area (Å²) in [4.78, 5) is 21.2. The lowest BCUT2D eigenvalue weighted by atomic mass is 10.2. The van der Waals surface area contributed by atoms with Crippen LogP contribution in [0.4, 0.5) is 11.4 Å². The lowest BCUT2D eigenvalue weighted by molar-refractivity contribution is 0.0494. The number of rotatable bonds is 4. The molecule has 146 valence electrons. The van der Waals surface area contributed by atoms with E-state index in [1.807, 2.05) is 49.4 Å². The molecule has 2 aromatic heterocycles. The van der Waals surface area contributed by atoms with Gasteiger partial charge in [-0.05, 0) is 43.7 Å². The predicted molar refractivity (Wildman–Crippen MR) is 109 cm³/mol. The van der Waals surface area contributed by atoms with Crippen molar-refractivity contribution in [1.82, 2.24) is 14.8 Å². The van der Waals surface area contributed by atoms with Crippen LogP contribution in [-0.2, 0) is 4.74 Å². The van der Waals surface area contributed by atoms with Crippen molar-refractivity contribution in [2.24, 2.45) is 4.99 Å². The third-order valence-electron chi connectivity index (χ3n) is 4.16. The summed E-state index contributed by atoms with van der Waals surface area (Å²) in [5.74, 6) is -0.169. The third-order valence-corrected chi connectivity index (χ3v) is 4.16. The van der Waals surface area contributed by atoms with E-state index in [4.69, 9.17) is 9.15 Å². The van der Waals surface area contributed by atoms with Gasteiger partial charge in [-0.15, -0.1) is 0 Å². The summed E-state index contributed by atoms with van der Waals surface area (Å²) < 4.78 is 12.4. The number of para-hydroxylation sites is 1. The molecule has 4 rings (SSSR count). The molecule has 0 atom stereocenters. The number of furan rings is 1. The Morgan fingerprint density at radius 1 is 1.24 bits per heavy atom. The summed E-state index contributed by atoms with van der Waals surface area (Å²) in [6, 6.07) is 15.1. The highest BCUT2D eigenvalue weighted by Gasteiger charge is 2.22. The fourth-order valence-electron chi connectivity index (χ4n) is 2.89. The summed E-state index contributed by atoms with van der Waals surface area (Å²) in [5, 5.41) is 8.11. The van der Waals surface area contributed by atoms with Crippen molar-refractivity contribution in [1.29, 1.82) is 0 Å². The van der Waals surface area contributed by atoms with Crippen LogP contribution in [0.5, 0.6) is 0 Å². The fourth-order valence-corrected chi connectivity index (χ4v) is 2.89. The number of hydrogen-bond donors (Lipinski definition) is 1. The van der Waals surface area contributed by atoms with Crippen molar-refractivity contribution in [2.75, 3.05) is 11.9 Å². The zero-order valence-corrected chi connectivity index (χ0v) is 16.0. The molecule has 0 bridgehead atoms. The van der Waals surface area contributed by atoms with Crippen LogP contribution in [0.3, 0.4) is 0 Å². The molecule has 0 amide bonds. The van der Waals surface area contributed by atoms with Crippen LogP contribution in [0.2, 0.25) is 0 Å². The van der Waals surface area contributed by atoms with Crippen LogP contribution in [0.15, 0.2) is 70.6 Å². The van der Waals surface area contributed by atoms with E-state index < -0.39 is 5.97 Å². The minimum atomic E-state index is -0.573. The highest BCUT2D eigenvalue weighted by atomic mass is 16.5. The Morgan fingerprint density at radius 2 is 2.10 bits per heavy atom. The van der Waals surface area contributed by atoms with E-state index in [-0.39, 0.29) is 12.4 Å². The van der Waals surface area contributed by atoms with E-state index in [0.717, 1.165) is 11.3 Å². The first-order valence-electron chi connectivity index (χ1n) is 9.11. The van der Waals surface area contributed by atoms with Gasteiger partial charge < -0.3 is 14.5 Å². The topological polar surface area (TPSA) is 94.5 Å². The van der Waals surface area contributed by atoms with Gasteiger partial charge in [0.2, 0.25) is 11.7 Å². The number of hydrogen-bond acceptors (Lipinski definition) is 6. The number of nitrogens with zero attached hydrogens (tertiary/aromatic N) is 4. The van der Waals surface area contributed by atoms with Gasteiger partial charge in [-0.25, -0.2) is 14.8 Å². The highest BCUT2D eigenvalue weighted by Crippen LogP contribution is 2.34. The number of ether oxygens (including phenoxy) is 1. The number of esters is 1. The van der Waals surface area contributed by atoms with E-state index in [0.29, 0.717) is 22.6 Å². The van der Waals surface area contributed by atoms with Gasteiger partial charge in [-0.3, -0.25) is 0 Å². The Labute approximate surface area is 166 Å². The molecule has 0 saturated carbocycles. The molecular formula is C21H19N5O3. The molecule has 0 aliphatic heterocycles. The molecular weight excluding hydrogens is 370 g/mol. The minimum Gasteiger partial charge on any atom is -0.460 e. The monoisotopic (exact) mass is 389 g/mol. The molecule has 0 aliphatic carbocycles. The number of nitrogens with one attached hydrogen (secondary N) is 1. The summed E-state index contributed by atoms with van der Waals surface area (Å²) >= 11 is 0. The van der Waals surface area contributed by atoms with Gasteiger partial charge in [-0.2, -0.15) is 9.78 Å². The Bertz CT molecular complexity index is 1180. The highest BCUT2D eigenvalue weighted by molar-refractivity contribution is 6.06. The number of carbonyl (C=O) groups excluding carboxylic acids is 1. The van der Waals surface area contributed by atoms with Gasteiger partial charge in [-0.1, -0.05) is 24.3 Å². The average molecular weight is 389 g/mol. The SMILES string of the molecule is CCOC(=O)c1oc2ccccc2c1N=C(Nc1cccc(C)c1)n1cncn1. The summed E-state index contributed by atoms with van der Waals surface area (Å²) in [6.45, 7) is 3.97. The maximum atomic E-state index is 12.5. The molecule has 0 aliphatic rings. The van der Waals surface area contributed by atoms with Crippen LogP contribution in [0.1, 0.15) is 23.0 Å². The van der Waals surface area contributed by atoms with Crippen LogP contribution >= 0.6 is 0 Å². The van der Waals surface area contributed by atoms with Crippen molar-refractivity contribution >= 4 is 34.3 Å². The number of benzene rings is 2. The number of carbonyl (C=O) groups is 1. The molecule has 0 unspecified atom stereocenters. The molecule has 0 radical (unpaired) electrons. The maximum Gasteiger partial charge on any atom is 0.376 e. The normalized spacial score (nSPS) is 11.6. The molecule has 1 N–H and O–H groups in total. The third kappa shape index (κ3) is 3.86. The molecule has 2 heterocycles. The first kappa shape index (κ1) is 18.4. The molecule has 4 aromatic rings. The Morgan fingerprint density at radius 3 is 2.86 bits per heavy atom. The van der Waals surface area contributed by atoms with Crippen molar-refractivity contribution < 1.29 is 13.9 Å². The second-order valence-electron chi connectivity index (χ2n) is 6.27.